The van der Waals surface area contributed by atoms with Crippen molar-refractivity contribution in [1.29, 1.82) is 0 Å². The van der Waals surface area contributed by atoms with Crippen molar-refractivity contribution in [3.05, 3.63) is 29.8 Å². The highest BCUT2D eigenvalue weighted by molar-refractivity contribution is 6.17. The molecule has 1 amide bonds. The number of benzene rings is 1. The molecule has 0 fully saturated rings. The lowest BCUT2D eigenvalue weighted by molar-refractivity contribution is -0.0498. The van der Waals surface area contributed by atoms with Crippen molar-refractivity contribution in [2.24, 2.45) is 0 Å². The Kier molecular flexibility index (Phi) is 6.20. The van der Waals surface area contributed by atoms with Crippen molar-refractivity contribution in [1.82, 2.24) is 5.32 Å². The molecule has 0 heterocycles. The second-order valence-electron chi connectivity index (χ2n) is 4.71. The van der Waals surface area contributed by atoms with Crippen molar-refractivity contribution in [2.45, 2.75) is 38.8 Å². The molecule has 0 saturated heterocycles. The Hall–Kier alpha value is -1.36. The first-order valence-corrected chi connectivity index (χ1v) is 6.87. The van der Waals surface area contributed by atoms with Crippen LogP contribution in [0.3, 0.4) is 0 Å². The highest BCUT2D eigenvalue weighted by Crippen LogP contribution is 2.19. The number of ether oxygens (including phenoxy) is 1. The van der Waals surface area contributed by atoms with Gasteiger partial charge in [0.2, 0.25) is 0 Å². The molecule has 0 aliphatic rings. The normalized spacial score (nSPS) is 13.9. The summed E-state index contributed by atoms with van der Waals surface area (Å²) in [6.45, 7) is 0.932. The minimum Gasteiger partial charge on any atom is -0.435 e. The van der Waals surface area contributed by atoms with Crippen LogP contribution in [-0.2, 0) is 0 Å². The van der Waals surface area contributed by atoms with E-state index >= 15 is 0 Å². The number of rotatable bonds is 7. The predicted molar refractivity (Wildman–Crippen MR) is 74.6 cm³/mol. The summed E-state index contributed by atoms with van der Waals surface area (Å²) in [5.74, 6) is 0.0569. The molecule has 0 aliphatic carbocycles. The van der Waals surface area contributed by atoms with Gasteiger partial charge in [-0.05, 0) is 38.0 Å². The van der Waals surface area contributed by atoms with E-state index in [4.69, 9.17) is 11.6 Å². The number of hydrogen-bond donors (Lipinski definition) is 1. The van der Waals surface area contributed by atoms with Gasteiger partial charge in [0.15, 0.2) is 0 Å². The third-order valence-corrected chi connectivity index (χ3v) is 3.35. The van der Waals surface area contributed by atoms with Crippen LogP contribution in [0.15, 0.2) is 24.3 Å². The fraction of sp³-hybridized carbons (Fsp3) is 0.500. The Morgan fingerprint density at radius 1 is 1.50 bits per heavy atom. The molecule has 0 aliphatic heterocycles. The van der Waals surface area contributed by atoms with E-state index in [1.807, 2.05) is 13.8 Å². The maximum atomic E-state index is 12.1. The second-order valence-corrected chi connectivity index (χ2v) is 5.09. The minimum absolute atomic E-state index is 0.0387. The molecule has 1 unspecified atom stereocenters. The lowest BCUT2D eigenvalue weighted by Gasteiger charge is -2.29. The van der Waals surface area contributed by atoms with Crippen LogP contribution in [0.1, 0.15) is 37.0 Å². The molecule has 1 atom stereocenters. The number of amides is 1. The molecule has 0 saturated carbocycles. The Morgan fingerprint density at radius 3 is 2.75 bits per heavy atom. The average molecular weight is 306 g/mol. The van der Waals surface area contributed by atoms with E-state index in [0.29, 0.717) is 12.3 Å². The van der Waals surface area contributed by atoms with Gasteiger partial charge < -0.3 is 10.1 Å². The Labute approximate surface area is 122 Å². The number of nitrogens with one attached hydrogen (secondary N) is 1. The first-order valence-electron chi connectivity index (χ1n) is 6.33. The van der Waals surface area contributed by atoms with Crippen molar-refractivity contribution in [2.75, 3.05) is 5.88 Å². The van der Waals surface area contributed by atoms with Crippen molar-refractivity contribution < 1.29 is 18.3 Å². The maximum absolute atomic E-state index is 12.1. The third kappa shape index (κ3) is 4.96. The Bertz CT molecular complexity index is 457. The van der Waals surface area contributed by atoms with Gasteiger partial charge >= 0.3 is 6.61 Å². The fourth-order valence-corrected chi connectivity index (χ4v) is 2.11. The van der Waals surface area contributed by atoms with Crippen molar-refractivity contribution >= 4 is 17.5 Å². The zero-order chi connectivity index (χ0) is 15.2. The molecule has 1 aromatic carbocycles. The Morgan fingerprint density at radius 2 is 2.20 bits per heavy atom. The minimum atomic E-state index is -2.91. The summed E-state index contributed by atoms with van der Waals surface area (Å²) in [5.41, 5.74) is -0.143. The van der Waals surface area contributed by atoms with Gasteiger partial charge in [-0.2, -0.15) is 8.78 Å². The van der Waals surface area contributed by atoms with Gasteiger partial charge in [-0.15, -0.1) is 11.6 Å². The van der Waals surface area contributed by atoms with Crippen LogP contribution < -0.4 is 10.1 Å². The fourth-order valence-electron chi connectivity index (χ4n) is 1.70. The molecule has 0 bridgehead atoms. The summed E-state index contributed by atoms with van der Waals surface area (Å²) in [6.07, 6.45) is 1.35. The highest BCUT2D eigenvalue weighted by atomic mass is 35.5. The molecule has 20 heavy (non-hydrogen) atoms. The first kappa shape index (κ1) is 16.7. The molecule has 6 heteroatoms. The van der Waals surface area contributed by atoms with Gasteiger partial charge in [-0.3, -0.25) is 4.79 Å². The molecule has 0 radical (unpaired) electrons. The lowest BCUT2D eigenvalue weighted by atomic mass is 9.95. The number of alkyl halides is 3. The molecule has 112 valence electrons. The number of halogens is 3. The predicted octanol–water partition coefficient (Wildman–Crippen LogP) is 3.82. The zero-order valence-electron chi connectivity index (χ0n) is 11.5. The summed E-state index contributed by atoms with van der Waals surface area (Å²) >= 11 is 5.72. The van der Waals surface area contributed by atoms with Crippen molar-refractivity contribution in [3.8, 4) is 5.75 Å². The SMILES string of the molecule is CCC(C)(CCCl)NC(=O)c1cccc(OC(F)F)c1. The van der Waals surface area contributed by atoms with Gasteiger partial charge in [0.25, 0.3) is 5.91 Å². The largest absolute Gasteiger partial charge is 0.435 e. The van der Waals surface area contributed by atoms with E-state index in [0.717, 1.165) is 6.42 Å². The highest BCUT2D eigenvalue weighted by Gasteiger charge is 2.24. The van der Waals surface area contributed by atoms with E-state index < -0.39 is 12.2 Å². The molecule has 1 aromatic rings. The van der Waals surface area contributed by atoms with Crippen LogP contribution >= 0.6 is 11.6 Å². The quantitative estimate of drug-likeness (QED) is 0.778. The third-order valence-electron chi connectivity index (χ3n) is 3.16. The monoisotopic (exact) mass is 305 g/mol. The van der Waals surface area contributed by atoms with Crippen LogP contribution in [0.2, 0.25) is 0 Å². The van der Waals surface area contributed by atoms with E-state index in [1.165, 1.54) is 18.2 Å². The average Bonchev–Trinajstić information content (AvgIpc) is 2.38. The number of hydrogen-bond acceptors (Lipinski definition) is 2. The summed E-state index contributed by atoms with van der Waals surface area (Å²) in [6, 6.07) is 5.71. The molecule has 1 rings (SSSR count). The van der Waals surface area contributed by atoms with Crippen LogP contribution in [0.5, 0.6) is 5.75 Å². The molecular weight excluding hydrogens is 288 g/mol. The summed E-state index contributed by atoms with van der Waals surface area (Å²) in [5, 5.41) is 2.87. The van der Waals surface area contributed by atoms with Crippen LogP contribution in [0, 0.1) is 0 Å². The molecular formula is C14H18ClF2NO2. The smallest absolute Gasteiger partial charge is 0.387 e. The van der Waals surface area contributed by atoms with Gasteiger partial charge in [0, 0.05) is 17.0 Å². The number of carbonyl (C=O) groups is 1. The van der Waals surface area contributed by atoms with E-state index in [-0.39, 0.29) is 17.2 Å². The summed E-state index contributed by atoms with van der Waals surface area (Å²) < 4.78 is 28.6. The van der Waals surface area contributed by atoms with Gasteiger partial charge in [0.1, 0.15) is 5.75 Å². The Balaban J connectivity index is 2.81. The first-order chi connectivity index (χ1) is 9.40. The van der Waals surface area contributed by atoms with Gasteiger partial charge in [-0.25, -0.2) is 0 Å². The molecule has 0 aromatic heterocycles. The molecule has 3 nitrogen and oxygen atoms in total. The van der Waals surface area contributed by atoms with E-state index in [9.17, 15) is 13.6 Å². The second kappa shape index (κ2) is 7.43. The topological polar surface area (TPSA) is 38.3 Å². The number of carbonyl (C=O) groups excluding carboxylic acids is 1. The zero-order valence-corrected chi connectivity index (χ0v) is 12.2. The summed E-state index contributed by atoms with van der Waals surface area (Å²) in [7, 11) is 0. The van der Waals surface area contributed by atoms with Crippen molar-refractivity contribution in [3.63, 3.8) is 0 Å². The lowest BCUT2D eigenvalue weighted by Crippen LogP contribution is -2.45. The standard InChI is InChI=1S/C14H18ClF2NO2/c1-3-14(2,7-8-15)18-12(19)10-5-4-6-11(9-10)20-13(16)17/h4-6,9,13H,3,7-8H2,1-2H3,(H,18,19). The maximum Gasteiger partial charge on any atom is 0.387 e. The summed E-state index contributed by atoms with van der Waals surface area (Å²) in [4.78, 5) is 12.1. The van der Waals surface area contributed by atoms with Crippen LogP contribution in [-0.4, -0.2) is 23.9 Å². The molecule has 0 spiro atoms. The molecule has 1 N–H and O–H groups in total. The van der Waals surface area contributed by atoms with Crippen LogP contribution in [0.4, 0.5) is 8.78 Å². The van der Waals surface area contributed by atoms with Gasteiger partial charge in [-0.1, -0.05) is 13.0 Å². The van der Waals surface area contributed by atoms with Crippen LogP contribution in [0.25, 0.3) is 0 Å². The van der Waals surface area contributed by atoms with E-state index in [2.05, 4.69) is 10.1 Å². The van der Waals surface area contributed by atoms with E-state index in [1.54, 1.807) is 6.07 Å². The van der Waals surface area contributed by atoms with Gasteiger partial charge in [0.05, 0.1) is 0 Å².